The molecule has 9 nitrogen and oxygen atoms in total. The maximum Gasteiger partial charge on any atom is 0.243 e. The molecule has 10 heteroatoms. The number of benzene rings is 3. The van der Waals surface area contributed by atoms with Crippen molar-refractivity contribution in [2.75, 3.05) is 7.11 Å². The van der Waals surface area contributed by atoms with Gasteiger partial charge in [-0.3, -0.25) is 14.6 Å². The van der Waals surface area contributed by atoms with E-state index in [1.807, 2.05) is 66.7 Å². The van der Waals surface area contributed by atoms with E-state index in [2.05, 4.69) is 15.0 Å². The van der Waals surface area contributed by atoms with Crippen LogP contribution in [0.25, 0.3) is 0 Å². The minimum absolute atomic E-state index is 0.0226. The molecule has 2 amide bonds. The fourth-order valence-corrected chi connectivity index (χ4v) is 6.32. The van der Waals surface area contributed by atoms with Crippen molar-refractivity contribution < 1.29 is 22.7 Å². The Labute approximate surface area is 264 Å². The summed E-state index contributed by atoms with van der Waals surface area (Å²) >= 11 is 0. The number of hydrogen-bond acceptors (Lipinski definition) is 6. The van der Waals surface area contributed by atoms with Gasteiger partial charge in [0.2, 0.25) is 21.8 Å². The molecule has 1 heterocycles. The second kappa shape index (κ2) is 15.0. The fraction of sp³-hybridized carbons (Fsp3) is 0.286. The number of hydrogen-bond donors (Lipinski definition) is 2. The number of nitrogens with zero attached hydrogens (tertiary/aromatic N) is 2. The van der Waals surface area contributed by atoms with Crippen LogP contribution in [0.2, 0.25) is 0 Å². The highest BCUT2D eigenvalue weighted by Crippen LogP contribution is 2.23. The van der Waals surface area contributed by atoms with Gasteiger partial charge in [0.1, 0.15) is 11.8 Å². The summed E-state index contributed by atoms with van der Waals surface area (Å²) in [5.74, 6) is 0.252. The van der Waals surface area contributed by atoms with E-state index in [4.69, 9.17) is 4.74 Å². The third-order valence-electron chi connectivity index (χ3n) is 7.73. The molecule has 5 rings (SSSR count). The number of pyridine rings is 1. The predicted octanol–water partition coefficient (Wildman–Crippen LogP) is 4.42. The lowest BCUT2D eigenvalue weighted by Gasteiger charge is -2.32. The number of aryl methyl sites for hydroxylation is 1. The van der Waals surface area contributed by atoms with Gasteiger partial charge < -0.3 is 15.0 Å². The first kappa shape index (κ1) is 31.9. The van der Waals surface area contributed by atoms with Gasteiger partial charge in [0, 0.05) is 44.4 Å². The van der Waals surface area contributed by atoms with Gasteiger partial charge in [-0.1, -0.05) is 60.7 Å². The van der Waals surface area contributed by atoms with Crippen LogP contribution < -0.4 is 14.8 Å². The van der Waals surface area contributed by atoms with E-state index < -0.39 is 16.1 Å². The van der Waals surface area contributed by atoms with Crippen LogP contribution in [0.1, 0.15) is 41.5 Å². The normalized spacial score (nSPS) is 13.5. The second-order valence-corrected chi connectivity index (χ2v) is 12.9. The van der Waals surface area contributed by atoms with Crippen molar-refractivity contribution in [2.45, 2.75) is 62.2 Å². The van der Waals surface area contributed by atoms with Gasteiger partial charge in [-0.05, 0) is 71.8 Å². The lowest BCUT2D eigenvalue weighted by Crippen LogP contribution is -2.50. The highest BCUT2D eigenvalue weighted by atomic mass is 32.2. The third kappa shape index (κ3) is 9.23. The van der Waals surface area contributed by atoms with Crippen LogP contribution in [0.15, 0.2) is 108 Å². The number of ether oxygens (including phenoxy) is 1. The molecule has 0 aliphatic heterocycles. The Morgan fingerprint density at radius 3 is 2.22 bits per heavy atom. The monoisotopic (exact) mass is 626 g/mol. The van der Waals surface area contributed by atoms with Gasteiger partial charge in [0.05, 0.1) is 12.0 Å². The summed E-state index contributed by atoms with van der Waals surface area (Å²) in [7, 11) is -1.96. The molecule has 0 spiro atoms. The quantitative estimate of drug-likeness (QED) is 0.202. The molecule has 2 N–H and O–H groups in total. The molecule has 0 bridgehead atoms. The number of aromatic nitrogens is 1. The number of amides is 2. The van der Waals surface area contributed by atoms with Gasteiger partial charge in [0.25, 0.3) is 0 Å². The van der Waals surface area contributed by atoms with Crippen LogP contribution in [-0.2, 0) is 45.5 Å². The Hall–Kier alpha value is -4.54. The Bertz CT molecular complexity index is 1660. The molecule has 4 aromatic rings. The third-order valence-corrected chi connectivity index (χ3v) is 9.27. The first-order chi connectivity index (χ1) is 21.8. The molecular formula is C35H38N4O5S. The number of carbonyl (C=O) groups excluding carboxylic acids is 2. The maximum atomic E-state index is 14.0. The van der Waals surface area contributed by atoms with Gasteiger partial charge in [-0.25, -0.2) is 13.1 Å². The molecule has 234 valence electrons. The first-order valence-corrected chi connectivity index (χ1v) is 16.5. The SMILES string of the molecule is COc1ccc(CN(C(=O)CCc2ccc(S(=O)(=O)NC3CC3)cc2)C(Cc2ccccc2)C(=O)NCc2cccnc2)cc1. The van der Waals surface area contributed by atoms with E-state index in [0.717, 1.165) is 35.1 Å². The molecule has 1 unspecified atom stereocenters. The van der Waals surface area contributed by atoms with Gasteiger partial charge >= 0.3 is 0 Å². The molecule has 1 aromatic heterocycles. The van der Waals surface area contributed by atoms with Gasteiger partial charge in [-0.15, -0.1) is 0 Å². The number of methoxy groups -OCH3 is 1. The minimum atomic E-state index is -3.56. The highest BCUT2D eigenvalue weighted by molar-refractivity contribution is 7.89. The van der Waals surface area contributed by atoms with E-state index >= 15 is 0 Å². The second-order valence-electron chi connectivity index (χ2n) is 11.2. The molecule has 1 fully saturated rings. The Morgan fingerprint density at radius 2 is 1.58 bits per heavy atom. The fourth-order valence-electron chi connectivity index (χ4n) is 5.01. The number of nitrogens with one attached hydrogen (secondary N) is 2. The summed E-state index contributed by atoms with van der Waals surface area (Å²) in [4.78, 5) is 33.8. The number of sulfonamides is 1. The van der Waals surface area contributed by atoms with Crippen LogP contribution in [0, 0.1) is 0 Å². The largest absolute Gasteiger partial charge is 0.497 e. The molecule has 1 atom stereocenters. The molecule has 1 aliphatic carbocycles. The average molecular weight is 627 g/mol. The van der Waals surface area contributed by atoms with Crippen molar-refractivity contribution in [1.82, 2.24) is 19.9 Å². The van der Waals surface area contributed by atoms with E-state index in [0.29, 0.717) is 18.6 Å². The zero-order chi connectivity index (χ0) is 31.6. The maximum absolute atomic E-state index is 14.0. The van der Waals surface area contributed by atoms with Crippen molar-refractivity contribution >= 4 is 21.8 Å². The van der Waals surface area contributed by atoms with Crippen LogP contribution in [0.3, 0.4) is 0 Å². The average Bonchev–Trinajstić information content (AvgIpc) is 3.89. The molecule has 0 saturated heterocycles. The first-order valence-electron chi connectivity index (χ1n) is 15.0. The Kier molecular flexibility index (Phi) is 10.6. The summed E-state index contributed by atoms with van der Waals surface area (Å²) < 4.78 is 33.1. The summed E-state index contributed by atoms with van der Waals surface area (Å²) in [6.45, 7) is 0.512. The van der Waals surface area contributed by atoms with Crippen molar-refractivity contribution in [2.24, 2.45) is 0 Å². The summed E-state index contributed by atoms with van der Waals surface area (Å²) in [6, 6.07) is 26.7. The van der Waals surface area contributed by atoms with Crippen molar-refractivity contribution in [1.29, 1.82) is 0 Å². The molecule has 45 heavy (non-hydrogen) atoms. The van der Waals surface area contributed by atoms with Crippen LogP contribution in [0.5, 0.6) is 5.75 Å². The number of carbonyl (C=O) groups is 2. The lowest BCUT2D eigenvalue weighted by molar-refractivity contribution is -0.141. The van der Waals surface area contributed by atoms with E-state index in [9.17, 15) is 18.0 Å². The van der Waals surface area contributed by atoms with Crippen molar-refractivity contribution in [3.05, 3.63) is 126 Å². The summed E-state index contributed by atoms with van der Waals surface area (Å²) in [5.41, 5.74) is 3.48. The van der Waals surface area contributed by atoms with E-state index in [1.54, 1.807) is 48.7 Å². The molecule has 1 saturated carbocycles. The predicted molar refractivity (Wildman–Crippen MR) is 172 cm³/mol. The smallest absolute Gasteiger partial charge is 0.243 e. The summed E-state index contributed by atoms with van der Waals surface area (Å²) in [5, 5.41) is 3.01. The zero-order valence-electron chi connectivity index (χ0n) is 25.3. The molecule has 1 aliphatic rings. The van der Waals surface area contributed by atoms with Gasteiger partial charge in [0.15, 0.2) is 0 Å². The summed E-state index contributed by atoms with van der Waals surface area (Å²) in [6.07, 6.45) is 5.97. The molecule has 0 radical (unpaired) electrons. The van der Waals surface area contributed by atoms with Crippen molar-refractivity contribution in [3.63, 3.8) is 0 Å². The van der Waals surface area contributed by atoms with Crippen LogP contribution >= 0.6 is 0 Å². The van der Waals surface area contributed by atoms with Gasteiger partial charge in [-0.2, -0.15) is 0 Å². The Balaban J connectivity index is 1.36. The van der Waals surface area contributed by atoms with E-state index in [1.165, 1.54) is 0 Å². The van der Waals surface area contributed by atoms with Crippen LogP contribution in [-0.4, -0.2) is 49.3 Å². The van der Waals surface area contributed by atoms with Crippen molar-refractivity contribution in [3.8, 4) is 5.75 Å². The Morgan fingerprint density at radius 1 is 0.889 bits per heavy atom. The minimum Gasteiger partial charge on any atom is -0.497 e. The van der Waals surface area contributed by atoms with E-state index in [-0.39, 0.29) is 42.3 Å². The lowest BCUT2D eigenvalue weighted by atomic mass is 10.0. The highest BCUT2D eigenvalue weighted by Gasteiger charge is 2.31. The zero-order valence-corrected chi connectivity index (χ0v) is 26.1. The molecular weight excluding hydrogens is 588 g/mol. The molecule has 3 aromatic carbocycles. The topological polar surface area (TPSA) is 118 Å². The standard InChI is InChI=1S/C35H38N4O5S/c1-44-31-16-9-28(10-17-31)25-39(34(40)20-13-26-11-18-32(19-12-26)45(42,43)38-30-14-15-30)33(22-27-6-3-2-4-7-27)35(41)37-24-29-8-5-21-36-23-29/h2-12,16-19,21,23,30,33,38H,13-15,20,22,24-25H2,1H3,(H,37,41). The van der Waals surface area contributed by atoms with Crippen LogP contribution in [0.4, 0.5) is 0 Å². The number of rotatable bonds is 15.